The normalized spacial score (nSPS) is 10.8. The molecule has 0 saturated heterocycles. The fourth-order valence-electron chi connectivity index (χ4n) is 2.10. The quantitative estimate of drug-likeness (QED) is 0.877. The molecule has 2 aromatic rings. The number of nitrogens with zero attached hydrogens (tertiary/aromatic N) is 3. The van der Waals surface area contributed by atoms with E-state index in [1.807, 2.05) is 26.4 Å². The van der Waals surface area contributed by atoms with E-state index in [2.05, 4.69) is 38.9 Å². The minimum absolute atomic E-state index is 0.855. The molecule has 2 aromatic heterocycles. The van der Waals surface area contributed by atoms with Gasteiger partial charge < -0.3 is 5.32 Å². The second kappa shape index (κ2) is 5.78. The van der Waals surface area contributed by atoms with Crippen molar-refractivity contribution in [2.75, 3.05) is 7.05 Å². The van der Waals surface area contributed by atoms with Gasteiger partial charge in [0.15, 0.2) is 0 Å². The van der Waals surface area contributed by atoms with Crippen LogP contribution in [0, 0.1) is 6.92 Å². The minimum atomic E-state index is 0.855. The van der Waals surface area contributed by atoms with Crippen LogP contribution in [0.2, 0.25) is 0 Å². The first kappa shape index (κ1) is 12.8. The molecule has 4 nitrogen and oxygen atoms in total. The number of imidazole rings is 1. The number of nitrogens with one attached hydrogen (secondary N) is 1. The van der Waals surface area contributed by atoms with E-state index in [0.717, 1.165) is 36.7 Å². The first-order valence-corrected chi connectivity index (χ1v) is 6.39. The minimum Gasteiger partial charge on any atom is -0.316 e. The average molecular weight is 244 g/mol. The first-order valence-electron chi connectivity index (χ1n) is 6.39. The summed E-state index contributed by atoms with van der Waals surface area (Å²) >= 11 is 0. The lowest BCUT2D eigenvalue weighted by Crippen LogP contribution is -2.09. The number of hydrogen-bond donors (Lipinski definition) is 1. The van der Waals surface area contributed by atoms with Crippen molar-refractivity contribution >= 4 is 0 Å². The van der Waals surface area contributed by atoms with Gasteiger partial charge in [0.2, 0.25) is 0 Å². The molecule has 0 bridgehead atoms. The molecule has 96 valence electrons. The maximum Gasteiger partial charge on any atom is 0.138 e. The fraction of sp³-hybridized carbons (Fsp3) is 0.429. The third kappa shape index (κ3) is 2.76. The van der Waals surface area contributed by atoms with Gasteiger partial charge in [0.05, 0.1) is 0 Å². The predicted octanol–water partition coefficient (Wildman–Crippen LogP) is 2.25. The lowest BCUT2D eigenvalue weighted by molar-refractivity contribution is 0.784. The van der Waals surface area contributed by atoms with Gasteiger partial charge >= 0.3 is 0 Å². The molecule has 2 rings (SSSR count). The number of hydrogen-bond acceptors (Lipinski definition) is 3. The van der Waals surface area contributed by atoms with Gasteiger partial charge in [0, 0.05) is 31.1 Å². The number of aromatic nitrogens is 3. The highest BCUT2D eigenvalue weighted by Crippen LogP contribution is 2.13. The summed E-state index contributed by atoms with van der Waals surface area (Å²) in [4.78, 5) is 8.99. The van der Waals surface area contributed by atoms with Crippen molar-refractivity contribution in [1.29, 1.82) is 0 Å². The summed E-state index contributed by atoms with van der Waals surface area (Å²) < 4.78 is 2.08. The molecule has 1 N–H and O–H groups in total. The Kier molecular flexibility index (Phi) is 4.10. The predicted molar refractivity (Wildman–Crippen MR) is 72.9 cm³/mol. The third-order valence-electron chi connectivity index (χ3n) is 2.82. The van der Waals surface area contributed by atoms with Gasteiger partial charge in [0.1, 0.15) is 11.6 Å². The molecular formula is C14H20N4. The van der Waals surface area contributed by atoms with Crippen LogP contribution in [-0.2, 0) is 13.0 Å². The smallest absolute Gasteiger partial charge is 0.138 e. The van der Waals surface area contributed by atoms with Crippen molar-refractivity contribution in [3.8, 4) is 5.82 Å². The van der Waals surface area contributed by atoms with Gasteiger partial charge in [-0.3, -0.25) is 4.57 Å². The van der Waals surface area contributed by atoms with Crippen LogP contribution in [0.1, 0.15) is 30.4 Å². The summed E-state index contributed by atoms with van der Waals surface area (Å²) in [6.45, 7) is 5.04. The molecular weight excluding hydrogens is 224 g/mol. The Balaban J connectivity index is 2.39. The molecule has 0 spiro atoms. The lowest BCUT2D eigenvalue weighted by atomic mass is 10.2. The molecule has 0 aliphatic rings. The van der Waals surface area contributed by atoms with Crippen LogP contribution in [0.4, 0.5) is 0 Å². The molecule has 0 aliphatic heterocycles. The fourth-order valence-corrected chi connectivity index (χ4v) is 2.10. The molecule has 0 amide bonds. The summed E-state index contributed by atoms with van der Waals surface area (Å²) in [5.74, 6) is 2.03. The zero-order valence-electron chi connectivity index (χ0n) is 11.3. The molecule has 0 fully saturated rings. The molecule has 2 heterocycles. The molecule has 0 atom stereocenters. The number of aryl methyl sites for hydroxylation is 2. The van der Waals surface area contributed by atoms with Gasteiger partial charge in [-0.15, -0.1) is 0 Å². The summed E-state index contributed by atoms with van der Waals surface area (Å²) in [7, 11) is 1.95. The molecule has 0 unspecified atom stereocenters. The van der Waals surface area contributed by atoms with Crippen molar-refractivity contribution in [2.24, 2.45) is 0 Å². The second-order valence-corrected chi connectivity index (χ2v) is 4.47. The molecule has 4 heteroatoms. The second-order valence-electron chi connectivity index (χ2n) is 4.47. The van der Waals surface area contributed by atoms with Crippen molar-refractivity contribution < 1.29 is 0 Å². The molecule has 0 radical (unpaired) electrons. The van der Waals surface area contributed by atoms with Crippen molar-refractivity contribution in [3.63, 3.8) is 0 Å². The van der Waals surface area contributed by atoms with Gasteiger partial charge in [-0.2, -0.15) is 0 Å². The zero-order valence-corrected chi connectivity index (χ0v) is 11.3. The number of rotatable bonds is 5. The van der Waals surface area contributed by atoms with Gasteiger partial charge in [-0.25, -0.2) is 9.97 Å². The molecule has 0 aromatic carbocycles. The first-order chi connectivity index (χ1) is 8.74. The highest BCUT2D eigenvalue weighted by Gasteiger charge is 2.07. The van der Waals surface area contributed by atoms with Crippen LogP contribution in [0.3, 0.4) is 0 Å². The van der Waals surface area contributed by atoms with E-state index < -0.39 is 0 Å². The van der Waals surface area contributed by atoms with Crippen LogP contribution in [0.5, 0.6) is 0 Å². The molecule has 0 saturated carbocycles. The van der Waals surface area contributed by atoms with Crippen LogP contribution < -0.4 is 5.32 Å². The highest BCUT2D eigenvalue weighted by molar-refractivity contribution is 5.32. The monoisotopic (exact) mass is 244 g/mol. The summed E-state index contributed by atoms with van der Waals surface area (Å²) in [5, 5.41) is 3.17. The summed E-state index contributed by atoms with van der Waals surface area (Å²) in [5.41, 5.74) is 2.28. The van der Waals surface area contributed by atoms with Gasteiger partial charge in [0.25, 0.3) is 0 Å². The SMILES string of the molecule is CCCc1nccn1-c1cc(CNC)cc(C)n1. The average Bonchev–Trinajstić information content (AvgIpc) is 2.77. The third-order valence-corrected chi connectivity index (χ3v) is 2.82. The Morgan fingerprint density at radius 2 is 2.17 bits per heavy atom. The van der Waals surface area contributed by atoms with Gasteiger partial charge in [-0.1, -0.05) is 6.92 Å². The molecule has 18 heavy (non-hydrogen) atoms. The maximum absolute atomic E-state index is 4.60. The number of pyridine rings is 1. The van der Waals surface area contributed by atoms with Crippen LogP contribution in [-0.4, -0.2) is 21.6 Å². The van der Waals surface area contributed by atoms with Gasteiger partial charge in [-0.05, 0) is 38.1 Å². The van der Waals surface area contributed by atoms with E-state index in [9.17, 15) is 0 Å². The summed E-state index contributed by atoms with van der Waals surface area (Å²) in [6.07, 6.45) is 5.89. The van der Waals surface area contributed by atoms with E-state index in [1.54, 1.807) is 0 Å². The van der Waals surface area contributed by atoms with E-state index in [4.69, 9.17) is 0 Å². The van der Waals surface area contributed by atoms with E-state index in [0.29, 0.717) is 0 Å². The Labute approximate surface area is 108 Å². The Hall–Kier alpha value is -1.68. The topological polar surface area (TPSA) is 42.7 Å². The standard InChI is InChI=1S/C14H20N4/c1-4-5-13-16-6-7-18(13)14-9-12(10-15-3)8-11(2)17-14/h6-9,15H,4-5,10H2,1-3H3. The maximum atomic E-state index is 4.60. The van der Waals surface area contributed by atoms with E-state index in [1.165, 1.54) is 5.56 Å². The van der Waals surface area contributed by atoms with E-state index in [-0.39, 0.29) is 0 Å². The van der Waals surface area contributed by atoms with Crippen LogP contribution in [0.25, 0.3) is 5.82 Å². The van der Waals surface area contributed by atoms with Crippen molar-refractivity contribution in [2.45, 2.75) is 33.2 Å². The van der Waals surface area contributed by atoms with Crippen LogP contribution >= 0.6 is 0 Å². The highest BCUT2D eigenvalue weighted by atomic mass is 15.1. The summed E-state index contributed by atoms with van der Waals surface area (Å²) in [6, 6.07) is 4.22. The van der Waals surface area contributed by atoms with Crippen LogP contribution in [0.15, 0.2) is 24.5 Å². The lowest BCUT2D eigenvalue weighted by Gasteiger charge is -2.09. The Bertz CT molecular complexity index is 516. The molecule has 0 aliphatic carbocycles. The Morgan fingerprint density at radius 3 is 2.89 bits per heavy atom. The zero-order chi connectivity index (χ0) is 13.0. The largest absolute Gasteiger partial charge is 0.316 e. The van der Waals surface area contributed by atoms with Crippen molar-refractivity contribution in [3.05, 3.63) is 41.6 Å². The van der Waals surface area contributed by atoms with Crippen molar-refractivity contribution in [1.82, 2.24) is 19.9 Å². The van der Waals surface area contributed by atoms with E-state index >= 15 is 0 Å². The Morgan fingerprint density at radius 1 is 1.33 bits per heavy atom.